The lowest BCUT2D eigenvalue weighted by molar-refractivity contribution is -0.144. The van der Waals surface area contributed by atoms with Crippen molar-refractivity contribution in [2.24, 2.45) is 17.4 Å². The molecule has 0 radical (unpaired) electrons. The Balaban J connectivity index is 2.95. The molecule has 0 bridgehead atoms. The van der Waals surface area contributed by atoms with E-state index in [0.29, 0.717) is 25.1 Å². The summed E-state index contributed by atoms with van der Waals surface area (Å²) in [4.78, 5) is 67.5. The lowest BCUT2D eigenvalue weighted by Crippen LogP contribution is -2.58. The van der Waals surface area contributed by atoms with Crippen molar-refractivity contribution in [3.05, 3.63) is 18.2 Å². The fourth-order valence-electron chi connectivity index (χ4n) is 3.19. The Labute approximate surface area is 202 Å². The maximum Gasteiger partial charge on any atom is 0.326 e. The zero-order valence-corrected chi connectivity index (χ0v) is 19.8. The highest BCUT2D eigenvalue weighted by molar-refractivity contribution is 5.95. The number of carbonyl (C=O) groups excluding carboxylic acids is 3. The number of H-pyrrole nitrogens is 1. The highest BCUT2D eigenvalue weighted by Gasteiger charge is 2.32. The molecule has 4 unspecified atom stereocenters. The van der Waals surface area contributed by atoms with E-state index in [9.17, 15) is 34.2 Å². The molecular formula is C21H35N7O7. The Morgan fingerprint density at radius 3 is 2.14 bits per heavy atom. The second-order valence-electron chi connectivity index (χ2n) is 8.46. The van der Waals surface area contributed by atoms with Gasteiger partial charge in [0.05, 0.1) is 18.8 Å². The van der Waals surface area contributed by atoms with Gasteiger partial charge in [0.1, 0.15) is 18.1 Å². The van der Waals surface area contributed by atoms with Crippen molar-refractivity contribution in [2.45, 2.75) is 70.1 Å². The monoisotopic (exact) mass is 497 g/mol. The van der Waals surface area contributed by atoms with E-state index in [1.165, 1.54) is 12.5 Å². The molecule has 14 nitrogen and oxygen atoms in total. The molecule has 1 heterocycles. The van der Waals surface area contributed by atoms with E-state index >= 15 is 0 Å². The number of rotatable bonds is 16. The fraction of sp³-hybridized carbons (Fsp3) is 0.619. The van der Waals surface area contributed by atoms with Crippen LogP contribution in [0.1, 0.15) is 45.2 Å². The third-order valence-electron chi connectivity index (χ3n) is 5.15. The number of unbranched alkanes of at least 4 members (excludes halogenated alkanes) is 1. The normalized spacial score (nSPS) is 14.4. The summed E-state index contributed by atoms with van der Waals surface area (Å²) in [6.07, 6.45) is 3.32. The van der Waals surface area contributed by atoms with Gasteiger partial charge in [-0.1, -0.05) is 13.8 Å². The maximum absolute atomic E-state index is 12.9. The number of aromatic nitrogens is 2. The van der Waals surface area contributed by atoms with E-state index in [2.05, 4.69) is 25.9 Å². The Kier molecular flexibility index (Phi) is 12.4. The Morgan fingerprint density at radius 2 is 1.63 bits per heavy atom. The van der Waals surface area contributed by atoms with Crippen LogP contribution in [0.2, 0.25) is 0 Å². The summed E-state index contributed by atoms with van der Waals surface area (Å²) in [5.74, 6) is -5.44. The first kappa shape index (κ1) is 29.5. The minimum absolute atomic E-state index is 0.0726. The van der Waals surface area contributed by atoms with Gasteiger partial charge in [0.2, 0.25) is 17.7 Å². The Morgan fingerprint density at radius 1 is 1.00 bits per heavy atom. The minimum atomic E-state index is -1.52. The fourth-order valence-corrected chi connectivity index (χ4v) is 3.19. The summed E-state index contributed by atoms with van der Waals surface area (Å²) in [6, 6.07) is -4.96. The number of carbonyl (C=O) groups is 5. The summed E-state index contributed by atoms with van der Waals surface area (Å²) in [5, 5.41) is 25.7. The molecule has 0 aliphatic rings. The summed E-state index contributed by atoms with van der Waals surface area (Å²) in [6.45, 7) is 3.58. The Hall–Kier alpha value is -3.52. The molecule has 0 saturated carbocycles. The van der Waals surface area contributed by atoms with Crippen LogP contribution in [0.3, 0.4) is 0 Å². The van der Waals surface area contributed by atoms with Gasteiger partial charge in [0, 0.05) is 18.3 Å². The number of aromatic amines is 1. The first-order chi connectivity index (χ1) is 16.5. The van der Waals surface area contributed by atoms with Gasteiger partial charge in [-0.3, -0.25) is 19.2 Å². The van der Waals surface area contributed by atoms with Crippen LogP contribution in [-0.2, 0) is 30.4 Å². The van der Waals surface area contributed by atoms with E-state index in [0.717, 1.165) is 0 Å². The smallest absolute Gasteiger partial charge is 0.326 e. The SMILES string of the molecule is CC(C)C(NC(=O)C(CCCCN)NC(=O)C(CC(=O)O)NC(=O)C(N)Cc1cnc[nH]1)C(=O)O. The lowest BCUT2D eigenvalue weighted by Gasteiger charge is -2.25. The summed E-state index contributed by atoms with van der Waals surface area (Å²) in [7, 11) is 0. The van der Waals surface area contributed by atoms with E-state index in [1.807, 2.05) is 0 Å². The van der Waals surface area contributed by atoms with Crippen molar-refractivity contribution in [3.8, 4) is 0 Å². The van der Waals surface area contributed by atoms with Crippen LogP contribution in [0, 0.1) is 5.92 Å². The summed E-state index contributed by atoms with van der Waals surface area (Å²) < 4.78 is 0. The maximum atomic E-state index is 12.9. The first-order valence-electron chi connectivity index (χ1n) is 11.2. The standard InChI is InChI=1S/C21H35N7O7/c1-11(2)17(21(34)35)28-19(32)14(5-3-4-6-22)26-20(33)15(8-16(29)30)27-18(31)13(23)7-12-9-24-10-25-12/h9-11,13-15,17H,3-8,22-23H2,1-2H3,(H,24,25)(H,26,33)(H,27,31)(H,28,32)(H,29,30)(H,34,35). The number of nitrogens with two attached hydrogens (primary N) is 2. The molecule has 0 aliphatic heterocycles. The number of nitrogens with zero attached hydrogens (tertiary/aromatic N) is 1. The van der Waals surface area contributed by atoms with Crippen molar-refractivity contribution < 1.29 is 34.2 Å². The number of imidazole rings is 1. The highest BCUT2D eigenvalue weighted by Crippen LogP contribution is 2.07. The number of aliphatic carboxylic acids is 2. The molecule has 3 amide bonds. The van der Waals surface area contributed by atoms with Crippen molar-refractivity contribution in [1.29, 1.82) is 0 Å². The zero-order valence-electron chi connectivity index (χ0n) is 19.8. The second kappa shape index (κ2) is 14.7. The van der Waals surface area contributed by atoms with E-state index in [4.69, 9.17) is 11.5 Å². The van der Waals surface area contributed by atoms with Crippen LogP contribution < -0.4 is 27.4 Å². The average Bonchev–Trinajstić information content (AvgIpc) is 3.28. The zero-order chi connectivity index (χ0) is 26.5. The molecule has 0 aliphatic carbocycles. The lowest BCUT2D eigenvalue weighted by atomic mass is 10.0. The molecule has 0 fully saturated rings. The van der Waals surface area contributed by atoms with Crippen molar-refractivity contribution in [3.63, 3.8) is 0 Å². The van der Waals surface area contributed by atoms with Gasteiger partial charge in [-0.25, -0.2) is 9.78 Å². The predicted octanol–water partition coefficient (Wildman–Crippen LogP) is -1.92. The predicted molar refractivity (Wildman–Crippen MR) is 124 cm³/mol. The molecule has 14 heteroatoms. The van der Waals surface area contributed by atoms with Crippen LogP contribution in [0.15, 0.2) is 12.5 Å². The number of carboxylic acids is 2. The number of amides is 3. The van der Waals surface area contributed by atoms with E-state index < -0.39 is 66.2 Å². The highest BCUT2D eigenvalue weighted by atomic mass is 16.4. The largest absolute Gasteiger partial charge is 0.481 e. The summed E-state index contributed by atoms with van der Waals surface area (Å²) >= 11 is 0. The molecular weight excluding hydrogens is 462 g/mol. The number of hydrogen-bond acceptors (Lipinski definition) is 8. The van der Waals surface area contributed by atoms with Crippen LogP contribution in [0.25, 0.3) is 0 Å². The Bertz CT molecular complexity index is 860. The molecule has 0 aromatic carbocycles. The third-order valence-corrected chi connectivity index (χ3v) is 5.15. The third kappa shape index (κ3) is 10.5. The van der Waals surface area contributed by atoms with Gasteiger partial charge in [0.25, 0.3) is 0 Å². The number of hydrogen-bond donors (Lipinski definition) is 8. The quantitative estimate of drug-likeness (QED) is 0.118. The summed E-state index contributed by atoms with van der Waals surface area (Å²) in [5.41, 5.74) is 11.9. The molecule has 0 spiro atoms. The average molecular weight is 498 g/mol. The van der Waals surface area contributed by atoms with Gasteiger partial charge in [0.15, 0.2) is 0 Å². The molecule has 4 atom stereocenters. The number of nitrogens with one attached hydrogen (secondary N) is 4. The molecule has 0 saturated heterocycles. The van der Waals surface area contributed by atoms with Crippen molar-refractivity contribution in [2.75, 3.05) is 6.54 Å². The van der Waals surface area contributed by atoms with Gasteiger partial charge in [-0.15, -0.1) is 0 Å². The van der Waals surface area contributed by atoms with Gasteiger partial charge < -0.3 is 42.6 Å². The molecule has 1 aromatic rings. The van der Waals surface area contributed by atoms with E-state index in [1.54, 1.807) is 13.8 Å². The van der Waals surface area contributed by atoms with Crippen molar-refractivity contribution >= 4 is 29.7 Å². The topological polar surface area (TPSA) is 243 Å². The van der Waals surface area contributed by atoms with Crippen LogP contribution in [-0.4, -0.2) is 80.6 Å². The van der Waals surface area contributed by atoms with Gasteiger partial charge in [-0.05, 0) is 31.7 Å². The van der Waals surface area contributed by atoms with Crippen LogP contribution in [0.4, 0.5) is 0 Å². The molecule has 1 rings (SSSR count). The van der Waals surface area contributed by atoms with Crippen molar-refractivity contribution in [1.82, 2.24) is 25.9 Å². The second-order valence-corrected chi connectivity index (χ2v) is 8.46. The van der Waals surface area contributed by atoms with Gasteiger partial charge >= 0.3 is 11.9 Å². The molecule has 196 valence electrons. The van der Waals surface area contributed by atoms with Gasteiger partial charge in [-0.2, -0.15) is 0 Å². The molecule has 10 N–H and O–H groups in total. The number of carboxylic acid groups (broad SMARTS) is 2. The molecule has 1 aromatic heterocycles. The minimum Gasteiger partial charge on any atom is -0.481 e. The first-order valence-corrected chi connectivity index (χ1v) is 11.2. The molecule has 35 heavy (non-hydrogen) atoms. The van der Waals surface area contributed by atoms with Crippen LogP contribution in [0.5, 0.6) is 0 Å². The van der Waals surface area contributed by atoms with E-state index in [-0.39, 0.29) is 12.8 Å². The van der Waals surface area contributed by atoms with Crippen LogP contribution >= 0.6 is 0 Å².